The molecule has 210 valence electrons. The van der Waals surface area contributed by atoms with Crippen molar-refractivity contribution in [1.82, 2.24) is 4.57 Å². The van der Waals surface area contributed by atoms with E-state index in [2.05, 4.69) is 156 Å². The van der Waals surface area contributed by atoms with Gasteiger partial charge in [0.05, 0.1) is 5.52 Å². The van der Waals surface area contributed by atoms with Crippen LogP contribution in [0.1, 0.15) is 0 Å². The number of fused-ring (bicyclic) bond motifs is 10. The molecule has 0 N–H and O–H groups in total. The lowest BCUT2D eigenvalue weighted by Gasteiger charge is -2.08. The molecule has 0 saturated carbocycles. The van der Waals surface area contributed by atoms with Gasteiger partial charge in [0.1, 0.15) is 11.1 Å². The van der Waals surface area contributed by atoms with Crippen molar-refractivity contribution in [2.45, 2.75) is 0 Å². The van der Waals surface area contributed by atoms with Crippen molar-refractivity contribution in [2.24, 2.45) is 0 Å². The van der Waals surface area contributed by atoms with Gasteiger partial charge >= 0.3 is 0 Å². The Hall–Kier alpha value is -5.64. The molecule has 0 amide bonds. The highest BCUT2D eigenvalue weighted by Gasteiger charge is 2.19. The zero-order chi connectivity index (χ0) is 29.5. The normalized spacial score (nSPS) is 12.0. The molecule has 0 radical (unpaired) electrons. The van der Waals surface area contributed by atoms with Gasteiger partial charge in [-0.25, -0.2) is 0 Å². The predicted octanol–water partition coefficient (Wildman–Crippen LogP) is 12.4. The van der Waals surface area contributed by atoms with Gasteiger partial charge in [-0.05, 0) is 81.6 Å². The summed E-state index contributed by atoms with van der Waals surface area (Å²) in [6, 6.07) is 54.6. The van der Waals surface area contributed by atoms with Gasteiger partial charge in [0.15, 0.2) is 5.58 Å². The summed E-state index contributed by atoms with van der Waals surface area (Å²) in [7, 11) is 0. The average Bonchev–Trinajstić information content (AvgIpc) is 3.77. The van der Waals surface area contributed by atoms with E-state index in [1.54, 1.807) is 0 Å². The number of furan rings is 1. The number of para-hydroxylation sites is 2. The summed E-state index contributed by atoms with van der Waals surface area (Å²) >= 11 is 1.88. The molecule has 3 aromatic heterocycles. The Morgan fingerprint density at radius 2 is 1.13 bits per heavy atom. The fraction of sp³-hybridized carbons (Fsp3) is 0. The molecule has 10 rings (SSSR count). The Balaban J connectivity index is 1.05. The largest absolute Gasteiger partial charge is 0.454 e. The molecule has 0 aliphatic rings. The zero-order valence-corrected chi connectivity index (χ0v) is 25.0. The van der Waals surface area contributed by atoms with E-state index in [-0.39, 0.29) is 0 Å². The number of hydrogen-bond donors (Lipinski definition) is 0. The topological polar surface area (TPSA) is 18.1 Å². The summed E-state index contributed by atoms with van der Waals surface area (Å²) in [4.78, 5) is 0. The van der Waals surface area contributed by atoms with Crippen LogP contribution in [0.4, 0.5) is 0 Å². The van der Waals surface area contributed by atoms with Crippen LogP contribution in [0, 0.1) is 0 Å². The Morgan fingerprint density at radius 1 is 0.467 bits per heavy atom. The van der Waals surface area contributed by atoms with Gasteiger partial charge in [0.25, 0.3) is 0 Å². The average molecular weight is 592 g/mol. The lowest BCUT2D eigenvalue weighted by molar-refractivity contribution is 0.673. The fourth-order valence-corrected chi connectivity index (χ4v) is 8.24. The molecule has 0 aliphatic heterocycles. The number of thiophene rings is 1. The molecule has 7 aromatic carbocycles. The molecule has 2 nitrogen and oxygen atoms in total. The van der Waals surface area contributed by atoms with Crippen LogP contribution in [0.5, 0.6) is 0 Å². The number of nitrogens with zero attached hydrogens (tertiary/aromatic N) is 1. The van der Waals surface area contributed by atoms with Crippen LogP contribution >= 0.6 is 11.3 Å². The number of benzene rings is 7. The Morgan fingerprint density at radius 3 is 1.96 bits per heavy atom. The molecule has 0 aliphatic carbocycles. The van der Waals surface area contributed by atoms with Crippen molar-refractivity contribution in [1.29, 1.82) is 0 Å². The molecule has 0 saturated heterocycles. The van der Waals surface area contributed by atoms with Gasteiger partial charge in [-0.3, -0.25) is 0 Å². The highest BCUT2D eigenvalue weighted by Crippen LogP contribution is 2.42. The number of aromatic nitrogens is 1. The van der Waals surface area contributed by atoms with Gasteiger partial charge in [0, 0.05) is 36.6 Å². The molecule has 0 bridgehead atoms. The molecule has 3 heterocycles. The SMILES string of the molecule is c1ccc(-n2c3ccccc3c3oc4cc(-c5ccc(-c6ccc7c(c6)sc6ccc8ccccc8c67)cc5)ccc4c32)cc1. The number of rotatable bonds is 3. The lowest BCUT2D eigenvalue weighted by atomic mass is 9.98. The van der Waals surface area contributed by atoms with Gasteiger partial charge < -0.3 is 8.98 Å². The van der Waals surface area contributed by atoms with E-state index in [0.29, 0.717) is 0 Å². The van der Waals surface area contributed by atoms with Crippen molar-refractivity contribution in [3.8, 4) is 27.9 Å². The van der Waals surface area contributed by atoms with E-state index in [9.17, 15) is 0 Å². The second kappa shape index (κ2) is 9.43. The minimum atomic E-state index is 0.903. The first-order valence-electron chi connectivity index (χ1n) is 15.3. The lowest BCUT2D eigenvalue weighted by Crippen LogP contribution is -1.92. The van der Waals surface area contributed by atoms with Crippen LogP contribution < -0.4 is 0 Å². The molecule has 10 aromatic rings. The van der Waals surface area contributed by atoms with Gasteiger partial charge in [-0.2, -0.15) is 0 Å². The van der Waals surface area contributed by atoms with Crippen molar-refractivity contribution in [2.75, 3.05) is 0 Å². The molecule has 45 heavy (non-hydrogen) atoms. The van der Waals surface area contributed by atoms with Gasteiger partial charge in [-0.15, -0.1) is 11.3 Å². The molecular formula is C42H25NOS. The maximum atomic E-state index is 6.60. The molecule has 0 atom stereocenters. The zero-order valence-electron chi connectivity index (χ0n) is 24.2. The molecule has 3 heteroatoms. The predicted molar refractivity (Wildman–Crippen MR) is 192 cm³/mol. The second-order valence-corrected chi connectivity index (χ2v) is 12.8. The monoisotopic (exact) mass is 591 g/mol. The third kappa shape index (κ3) is 3.68. The van der Waals surface area contributed by atoms with E-state index < -0.39 is 0 Å². The smallest absolute Gasteiger partial charge is 0.161 e. The van der Waals surface area contributed by atoms with E-state index in [4.69, 9.17) is 4.42 Å². The first-order valence-corrected chi connectivity index (χ1v) is 16.1. The summed E-state index contributed by atoms with van der Waals surface area (Å²) in [5.41, 5.74) is 10.0. The minimum Gasteiger partial charge on any atom is -0.454 e. The van der Waals surface area contributed by atoms with Crippen LogP contribution in [-0.2, 0) is 0 Å². The van der Waals surface area contributed by atoms with E-state index in [1.807, 2.05) is 11.3 Å². The second-order valence-electron chi connectivity index (χ2n) is 11.7. The van der Waals surface area contributed by atoms with Crippen LogP contribution in [0.2, 0.25) is 0 Å². The van der Waals surface area contributed by atoms with Crippen molar-refractivity contribution in [3.05, 3.63) is 152 Å². The van der Waals surface area contributed by atoms with E-state index in [0.717, 1.165) is 44.2 Å². The van der Waals surface area contributed by atoms with Crippen molar-refractivity contribution >= 4 is 75.3 Å². The van der Waals surface area contributed by atoms with Gasteiger partial charge in [-0.1, -0.05) is 103 Å². The van der Waals surface area contributed by atoms with Crippen LogP contribution in [0.3, 0.4) is 0 Å². The summed E-state index contributed by atoms with van der Waals surface area (Å²) in [5.74, 6) is 0. The third-order valence-corrected chi connectivity index (χ3v) is 10.3. The first kappa shape index (κ1) is 24.8. The highest BCUT2D eigenvalue weighted by atomic mass is 32.1. The summed E-state index contributed by atoms with van der Waals surface area (Å²) in [6.07, 6.45) is 0. The van der Waals surface area contributed by atoms with E-state index >= 15 is 0 Å². The van der Waals surface area contributed by atoms with Gasteiger partial charge in [0.2, 0.25) is 0 Å². The minimum absolute atomic E-state index is 0.903. The third-order valence-electron chi connectivity index (χ3n) is 9.20. The maximum Gasteiger partial charge on any atom is 0.161 e. The molecule has 0 unspecified atom stereocenters. The molecule has 0 fully saturated rings. The van der Waals surface area contributed by atoms with Crippen LogP contribution in [0.25, 0.3) is 91.9 Å². The maximum absolute atomic E-state index is 6.60. The summed E-state index contributed by atoms with van der Waals surface area (Å²) in [6.45, 7) is 0. The standard InChI is InChI=1S/C42H25NOS/c1-2-9-31(10-3-1)43-36-13-7-6-12-33(36)42-41(43)34-21-18-29(24-37(34)44-42)26-14-16-27(17-15-26)30-19-22-35-39(25-30)45-38-23-20-28-8-4-5-11-32(28)40(35)38/h1-25H. The van der Waals surface area contributed by atoms with E-state index in [1.165, 1.54) is 47.6 Å². The molecule has 0 spiro atoms. The van der Waals surface area contributed by atoms with Crippen LogP contribution in [-0.4, -0.2) is 4.57 Å². The highest BCUT2D eigenvalue weighted by molar-refractivity contribution is 7.26. The fourth-order valence-electron chi connectivity index (χ4n) is 7.07. The van der Waals surface area contributed by atoms with Crippen LogP contribution in [0.15, 0.2) is 156 Å². The molecular weight excluding hydrogens is 567 g/mol. The van der Waals surface area contributed by atoms with Crippen molar-refractivity contribution in [3.63, 3.8) is 0 Å². The quantitative estimate of drug-likeness (QED) is 0.200. The Kier molecular flexibility index (Phi) is 5.19. The summed E-state index contributed by atoms with van der Waals surface area (Å²) < 4.78 is 11.6. The number of hydrogen-bond acceptors (Lipinski definition) is 2. The first-order chi connectivity index (χ1) is 22.3. The summed E-state index contributed by atoms with van der Waals surface area (Å²) in [5, 5.41) is 7.56. The Bertz CT molecular complexity index is 2740. The van der Waals surface area contributed by atoms with Crippen molar-refractivity contribution < 1.29 is 4.42 Å². The Labute approximate surface area is 263 Å².